The van der Waals surface area contributed by atoms with E-state index in [1.54, 1.807) is 0 Å². The van der Waals surface area contributed by atoms with Gasteiger partial charge in [0.15, 0.2) is 6.61 Å². The zero-order valence-corrected chi connectivity index (χ0v) is 17.8. The van der Waals surface area contributed by atoms with Crippen LogP contribution in [0.2, 0.25) is 0 Å². The third kappa shape index (κ3) is 6.21. The van der Waals surface area contributed by atoms with Crippen molar-refractivity contribution in [2.24, 2.45) is 17.8 Å². The van der Waals surface area contributed by atoms with Gasteiger partial charge in [-0.05, 0) is 93.2 Å². The number of aliphatic hydroxyl groups excluding tert-OH is 1. The number of carbonyl (C=O) groups excluding carboxylic acids is 1. The Morgan fingerprint density at radius 2 is 2.03 bits per heavy atom. The maximum absolute atomic E-state index is 11.9. The summed E-state index contributed by atoms with van der Waals surface area (Å²) in [5.74, 6) is 1.55. The van der Waals surface area contributed by atoms with E-state index in [2.05, 4.69) is 6.07 Å². The third-order valence-corrected chi connectivity index (χ3v) is 6.62. The number of benzene rings is 1. The lowest BCUT2D eigenvalue weighted by Gasteiger charge is -2.32. The second-order valence-electron chi connectivity index (χ2n) is 8.85. The maximum atomic E-state index is 11.9. The molecule has 166 valence electrons. The molecule has 0 amide bonds. The summed E-state index contributed by atoms with van der Waals surface area (Å²) < 4.78 is 11.0. The van der Waals surface area contributed by atoms with Gasteiger partial charge >= 0.3 is 11.9 Å². The highest BCUT2D eigenvalue weighted by Gasteiger charge is 2.39. The number of esters is 1. The smallest absolute Gasteiger partial charge is 0.344 e. The van der Waals surface area contributed by atoms with Crippen molar-refractivity contribution in [1.82, 2.24) is 0 Å². The predicted octanol–water partition coefficient (Wildman–Crippen LogP) is 3.77. The number of aliphatic carboxylic acids is 1. The Morgan fingerprint density at radius 1 is 1.20 bits per heavy atom. The standard InChI is InChI=1S/C24H34O6/c1-16(25)8-9-17-10-11-19-14-21-18(13-20(17)19)5-4-6-22(21)30-15-24(28)29-12-3-2-7-23(26)27/h4-6,16-17,19-20,25H,2-3,7-15H2,1H3,(H,26,27). The fourth-order valence-corrected chi connectivity index (χ4v) is 5.07. The molecule has 30 heavy (non-hydrogen) atoms. The number of unbranched alkanes of at least 4 members (excludes halogenated alkanes) is 1. The lowest BCUT2D eigenvalue weighted by atomic mass is 9.73. The van der Waals surface area contributed by atoms with E-state index in [1.807, 2.05) is 19.1 Å². The van der Waals surface area contributed by atoms with Crippen LogP contribution in [0.15, 0.2) is 18.2 Å². The molecule has 0 radical (unpaired) electrons. The third-order valence-electron chi connectivity index (χ3n) is 6.62. The largest absolute Gasteiger partial charge is 0.482 e. The fraction of sp³-hybridized carbons (Fsp3) is 0.667. The molecule has 0 heterocycles. The molecule has 1 fully saturated rings. The molecule has 6 nitrogen and oxygen atoms in total. The van der Waals surface area contributed by atoms with Gasteiger partial charge in [-0.25, -0.2) is 4.79 Å². The first kappa shape index (κ1) is 22.6. The van der Waals surface area contributed by atoms with E-state index < -0.39 is 11.9 Å². The van der Waals surface area contributed by atoms with E-state index in [1.165, 1.54) is 24.0 Å². The Labute approximate surface area is 178 Å². The summed E-state index contributed by atoms with van der Waals surface area (Å²) in [6, 6.07) is 6.09. The molecule has 2 aliphatic rings. The van der Waals surface area contributed by atoms with Crippen molar-refractivity contribution in [2.45, 2.75) is 70.8 Å². The number of rotatable bonds is 11. The van der Waals surface area contributed by atoms with Gasteiger partial charge in [0.05, 0.1) is 12.7 Å². The molecule has 1 aromatic rings. The minimum absolute atomic E-state index is 0.0895. The summed E-state index contributed by atoms with van der Waals surface area (Å²) in [6.45, 7) is 1.97. The van der Waals surface area contributed by atoms with E-state index in [0.29, 0.717) is 30.6 Å². The molecule has 2 aliphatic carbocycles. The van der Waals surface area contributed by atoms with Crippen LogP contribution in [-0.4, -0.2) is 41.5 Å². The first-order valence-electron chi connectivity index (χ1n) is 11.2. The van der Waals surface area contributed by atoms with Crippen molar-refractivity contribution < 1.29 is 29.3 Å². The van der Waals surface area contributed by atoms with Crippen LogP contribution in [0, 0.1) is 17.8 Å². The number of hydrogen-bond donors (Lipinski definition) is 2. The van der Waals surface area contributed by atoms with Gasteiger partial charge in [-0.15, -0.1) is 0 Å². The number of carboxylic acid groups (broad SMARTS) is 1. The highest BCUT2D eigenvalue weighted by molar-refractivity contribution is 5.71. The molecule has 0 spiro atoms. The molecule has 1 aromatic carbocycles. The van der Waals surface area contributed by atoms with Crippen LogP contribution < -0.4 is 4.74 Å². The lowest BCUT2D eigenvalue weighted by Crippen LogP contribution is -2.26. The molecule has 0 saturated heterocycles. The SMILES string of the molecule is CC(O)CCC1CCC2Cc3c(cccc3OCC(=O)OCCCCC(=O)O)CC12. The number of ether oxygens (including phenoxy) is 2. The van der Waals surface area contributed by atoms with Gasteiger partial charge in [0.25, 0.3) is 0 Å². The summed E-state index contributed by atoms with van der Waals surface area (Å²) >= 11 is 0. The van der Waals surface area contributed by atoms with E-state index in [9.17, 15) is 14.7 Å². The average Bonchev–Trinajstić information content (AvgIpc) is 3.10. The summed E-state index contributed by atoms with van der Waals surface area (Å²) in [5.41, 5.74) is 2.55. The summed E-state index contributed by atoms with van der Waals surface area (Å²) in [4.78, 5) is 22.4. The van der Waals surface area contributed by atoms with E-state index in [4.69, 9.17) is 14.6 Å². The van der Waals surface area contributed by atoms with Gasteiger partial charge in [-0.2, -0.15) is 0 Å². The van der Waals surface area contributed by atoms with Crippen LogP contribution in [-0.2, 0) is 27.2 Å². The molecule has 6 heteroatoms. The molecule has 3 rings (SSSR count). The monoisotopic (exact) mass is 418 g/mol. The maximum Gasteiger partial charge on any atom is 0.344 e. The molecule has 4 atom stereocenters. The minimum atomic E-state index is -0.836. The Morgan fingerprint density at radius 3 is 2.80 bits per heavy atom. The minimum Gasteiger partial charge on any atom is -0.482 e. The van der Waals surface area contributed by atoms with Crippen LogP contribution >= 0.6 is 0 Å². The fourth-order valence-electron chi connectivity index (χ4n) is 5.07. The van der Waals surface area contributed by atoms with Crippen LogP contribution in [0.3, 0.4) is 0 Å². The first-order valence-corrected chi connectivity index (χ1v) is 11.2. The molecule has 0 aliphatic heterocycles. The molecule has 0 aromatic heterocycles. The Bertz CT molecular complexity index is 728. The Hall–Kier alpha value is -2.08. The van der Waals surface area contributed by atoms with E-state index in [0.717, 1.165) is 31.4 Å². The molecule has 2 N–H and O–H groups in total. The molecule has 4 unspecified atom stereocenters. The first-order chi connectivity index (χ1) is 14.4. The van der Waals surface area contributed by atoms with Crippen LogP contribution in [0.25, 0.3) is 0 Å². The van der Waals surface area contributed by atoms with Crippen molar-refractivity contribution in [3.8, 4) is 5.75 Å². The molecular formula is C24H34O6. The molecular weight excluding hydrogens is 384 g/mol. The number of carbonyl (C=O) groups is 2. The second-order valence-corrected chi connectivity index (χ2v) is 8.85. The number of aliphatic hydroxyl groups is 1. The van der Waals surface area contributed by atoms with Gasteiger partial charge in [0, 0.05) is 6.42 Å². The van der Waals surface area contributed by atoms with Crippen molar-refractivity contribution >= 4 is 11.9 Å². The molecule has 1 saturated carbocycles. The highest BCUT2D eigenvalue weighted by Crippen LogP contribution is 2.48. The van der Waals surface area contributed by atoms with E-state index >= 15 is 0 Å². The van der Waals surface area contributed by atoms with Gasteiger partial charge in [0.1, 0.15) is 5.75 Å². The summed E-state index contributed by atoms with van der Waals surface area (Å²) in [5, 5.41) is 18.2. The van der Waals surface area contributed by atoms with Gasteiger partial charge < -0.3 is 19.7 Å². The summed E-state index contributed by atoms with van der Waals surface area (Å²) in [6.07, 6.45) is 7.38. The molecule has 0 bridgehead atoms. The number of fused-ring (bicyclic) bond motifs is 2. The predicted molar refractivity (Wildman–Crippen MR) is 112 cm³/mol. The van der Waals surface area contributed by atoms with Gasteiger partial charge in [0.2, 0.25) is 0 Å². The van der Waals surface area contributed by atoms with Crippen molar-refractivity contribution in [1.29, 1.82) is 0 Å². The summed E-state index contributed by atoms with van der Waals surface area (Å²) in [7, 11) is 0. The quantitative estimate of drug-likeness (QED) is 0.420. The van der Waals surface area contributed by atoms with Crippen LogP contribution in [0.4, 0.5) is 0 Å². The Balaban J connectivity index is 1.50. The average molecular weight is 419 g/mol. The van der Waals surface area contributed by atoms with Crippen LogP contribution in [0.5, 0.6) is 5.75 Å². The van der Waals surface area contributed by atoms with Crippen molar-refractivity contribution in [2.75, 3.05) is 13.2 Å². The second kappa shape index (κ2) is 10.8. The number of hydrogen-bond acceptors (Lipinski definition) is 5. The number of carboxylic acids is 1. The zero-order valence-electron chi connectivity index (χ0n) is 17.8. The topological polar surface area (TPSA) is 93.1 Å². The van der Waals surface area contributed by atoms with Crippen LogP contribution in [0.1, 0.15) is 63.0 Å². The normalized spacial score (nSPS) is 23.3. The Kier molecular flexibility index (Phi) is 8.14. The van der Waals surface area contributed by atoms with Gasteiger partial charge in [-0.3, -0.25) is 4.79 Å². The highest BCUT2D eigenvalue weighted by atomic mass is 16.6. The van der Waals surface area contributed by atoms with Crippen molar-refractivity contribution in [3.05, 3.63) is 29.3 Å². The van der Waals surface area contributed by atoms with E-state index in [-0.39, 0.29) is 25.7 Å². The lowest BCUT2D eigenvalue weighted by molar-refractivity contribution is -0.146. The zero-order chi connectivity index (χ0) is 21.5. The van der Waals surface area contributed by atoms with Gasteiger partial charge in [-0.1, -0.05) is 12.1 Å². The van der Waals surface area contributed by atoms with Crippen molar-refractivity contribution in [3.63, 3.8) is 0 Å².